The van der Waals surface area contributed by atoms with Crippen molar-refractivity contribution in [1.29, 1.82) is 0 Å². The number of para-hydroxylation sites is 1. The molecule has 5 heteroatoms. The van der Waals surface area contributed by atoms with Crippen LogP contribution in [0.15, 0.2) is 54.9 Å². The first-order valence-corrected chi connectivity index (χ1v) is 8.39. The molecule has 1 aliphatic heterocycles. The van der Waals surface area contributed by atoms with E-state index in [-0.39, 0.29) is 5.91 Å². The lowest BCUT2D eigenvalue weighted by Crippen LogP contribution is -2.44. The normalized spacial score (nSPS) is 16.8. The Hall–Kier alpha value is -2.40. The molecule has 3 rings (SSSR count). The van der Waals surface area contributed by atoms with Crippen LogP contribution >= 0.6 is 0 Å². The lowest BCUT2D eigenvalue weighted by Gasteiger charge is -2.29. The zero-order chi connectivity index (χ0) is 16.8. The fourth-order valence-electron chi connectivity index (χ4n) is 3.04. The van der Waals surface area contributed by atoms with Crippen molar-refractivity contribution in [3.8, 4) is 0 Å². The Morgan fingerprint density at radius 2 is 2.08 bits per heavy atom. The molecule has 2 aromatic rings. The van der Waals surface area contributed by atoms with Gasteiger partial charge in [-0.2, -0.15) is 0 Å². The largest absolute Gasteiger partial charge is 0.358 e. The third-order valence-corrected chi connectivity index (χ3v) is 4.52. The number of nitrogens with one attached hydrogen (secondary N) is 1. The molecule has 0 bridgehead atoms. The van der Waals surface area contributed by atoms with Gasteiger partial charge in [0.15, 0.2) is 0 Å². The molecule has 126 valence electrons. The van der Waals surface area contributed by atoms with Crippen molar-refractivity contribution < 1.29 is 4.79 Å². The summed E-state index contributed by atoms with van der Waals surface area (Å²) >= 11 is 0. The standard InChI is InChI=1S/C19H24N4O/c1-22(18-9-11-21-13-18)19(24)15-23(17-7-3-2-4-8-17)14-16-6-5-10-20-12-16/h2-8,10,12,18,21H,9,11,13-15H2,1H3. The maximum atomic E-state index is 12.7. The molecule has 1 unspecified atom stereocenters. The second-order valence-corrected chi connectivity index (χ2v) is 6.20. The third kappa shape index (κ3) is 4.11. The van der Waals surface area contributed by atoms with E-state index in [0.29, 0.717) is 19.1 Å². The van der Waals surface area contributed by atoms with Gasteiger partial charge in [0.25, 0.3) is 0 Å². The zero-order valence-corrected chi connectivity index (χ0v) is 14.1. The Morgan fingerprint density at radius 3 is 2.75 bits per heavy atom. The molecule has 1 atom stereocenters. The number of amides is 1. The summed E-state index contributed by atoms with van der Waals surface area (Å²) in [5.74, 6) is 0.149. The van der Waals surface area contributed by atoms with Crippen LogP contribution in [-0.2, 0) is 11.3 Å². The number of nitrogens with zero attached hydrogens (tertiary/aromatic N) is 3. The summed E-state index contributed by atoms with van der Waals surface area (Å²) in [6.45, 7) is 2.91. The average molecular weight is 324 g/mol. The number of pyridine rings is 1. The van der Waals surface area contributed by atoms with Crippen molar-refractivity contribution in [3.05, 3.63) is 60.4 Å². The van der Waals surface area contributed by atoms with Crippen LogP contribution in [0.4, 0.5) is 5.69 Å². The van der Waals surface area contributed by atoms with Gasteiger partial charge < -0.3 is 15.1 Å². The number of hydrogen-bond acceptors (Lipinski definition) is 4. The van der Waals surface area contributed by atoms with Gasteiger partial charge in [0.2, 0.25) is 5.91 Å². The Balaban J connectivity index is 1.73. The molecule has 1 saturated heterocycles. The van der Waals surface area contributed by atoms with Crippen LogP contribution in [-0.4, -0.2) is 48.5 Å². The molecule has 1 aromatic carbocycles. The van der Waals surface area contributed by atoms with Gasteiger partial charge in [-0.3, -0.25) is 9.78 Å². The molecule has 1 N–H and O–H groups in total. The number of hydrogen-bond donors (Lipinski definition) is 1. The van der Waals surface area contributed by atoms with Gasteiger partial charge in [-0.1, -0.05) is 24.3 Å². The van der Waals surface area contributed by atoms with Crippen molar-refractivity contribution in [1.82, 2.24) is 15.2 Å². The van der Waals surface area contributed by atoms with Crippen LogP contribution in [0.3, 0.4) is 0 Å². The predicted molar refractivity (Wildman–Crippen MR) is 95.8 cm³/mol. The molecular weight excluding hydrogens is 300 g/mol. The highest BCUT2D eigenvalue weighted by Gasteiger charge is 2.24. The van der Waals surface area contributed by atoms with Crippen LogP contribution < -0.4 is 10.2 Å². The summed E-state index contributed by atoms with van der Waals surface area (Å²) in [7, 11) is 1.91. The number of benzene rings is 1. The van der Waals surface area contributed by atoms with Gasteiger partial charge >= 0.3 is 0 Å². The van der Waals surface area contributed by atoms with E-state index in [4.69, 9.17) is 0 Å². The van der Waals surface area contributed by atoms with E-state index < -0.39 is 0 Å². The zero-order valence-electron chi connectivity index (χ0n) is 14.1. The minimum absolute atomic E-state index is 0.149. The lowest BCUT2D eigenvalue weighted by molar-refractivity contribution is -0.130. The quantitative estimate of drug-likeness (QED) is 0.882. The van der Waals surface area contributed by atoms with Gasteiger partial charge in [-0.05, 0) is 36.7 Å². The summed E-state index contributed by atoms with van der Waals surface area (Å²) in [5, 5.41) is 3.32. The number of aromatic nitrogens is 1. The SMILES string of the molecule is CN(C(=O)CN(Cc1cccnc1)c1ccccc1)C1CCNC1. The smallest absolute Gasteiger partial charge is 0.242 e. The molecule has 1 fully saturated rings. The van der Waals surface area contributed by atoms with E-state index in [9.17, 15) is 4.79 Å². The minimum atomic E-state index is 0.149. The van der Waals surface area contributed by atoms with E-state index in [1.54, 1.807) is 6.20 Å². The highest BCUT2D eigenvalue weighted by molar-refractivity contribution is 5.81. The summed E-state index contributed by atoms with van der Waals surface area (Å²) in [4.78, 5) is 20.9. The molecule has 24 heavy (non-hydrogen) atoms. The highest BCUT2D eigenvalue weighted by Crippen LogP contribution is 2.17. The molecule has 0 saturated carbocycles. The fraction of sp³-hybridized carbons (Fsp3) is 0.368. The van der Waals surface area contributed by atoms with Crippen LogP contribution in [0.25, 0.3) is 0 Å². The Labute approximate surface area is 143 Å². The van der Waals surface area contributed by atoms with E-state index >= 15 is 0 Å². The van der Waals surface area contributed by atoms with Crippen LogP contribution in [0.5, 0.6) is 0 Å². The first-order valence-electron chi connectivity index (χ1n) is 8.39. The van der Waals surface area contributed by atoms with Crippen molar-refractivity contribution in [2.24, 2.45) is 0 Å². The lowest BCUT2D eigenvalue weighted by atomic mass is 10.2. The van der Waals surface area contributed by atoms with Crippen LogP contribution in [0.2, 0.25) is 0 Å². The summed E-state index contributed by atoms with van der Waals surface area (Å²) in [6.07, 6.45) is 4.64. The van der Waals surface area contributed by atoms with Gasteiger partial charge in [0, 0.05) is 44.3 Å². The minimum Gasteiger partial charge on any atom is -0.358 e. The van der Waals surface area contributed by atoms with Crippen molar-refractivity contribution in [3.63, 3.8) is 0 Å². The Bertz CT molecular complexity index is 641. The molecule has 0 radical (unpaired) electrons. The van der Waals surface area contributed by atoms with E-state index in [2.05, 4.69) is 15.2 Å². The van der Waals surface area contributed by atoms with E-state index in [1.807, 2.05) is 60.6 Å². The molecular formula is C19H24N4O. The average Bonchev–Trinajstić information content (AvgIpc) is 3.16. The van der Waals surface area contributed by atoms with Gasteiger partial charge in [0.1, 0.15) is 0 Å². The van der Waals surface area contributed by atoms with E-state index in [0.717, 1.165) is 30.8 Å². The number of rotatable bonds is 6. The van der Waals surface area contributed by atoms with Crippen LogP contribution in [0.1, 0.15) is 12.0 Å². The second-order valence-electron chi connectivity index (χ2n) is 6.20. The molecule has 1 aliphatic rings. The maximum absolute atomic E-state index is 12.7. The summed E-state index contributed by atoms with van der Waals surface area (Å²) in [6, 6.07) is 14.3. The van der Waals surface area contributed by atoms with Gasteiger partial charge in [0.05, 0.1) is 6.54 Å². The second kappa shape index (κ2) is 7.93. The number of anilines is 1. The topological polar surface area (TPSA) is 48.5 Å². The molecule has 1 amide bonds. The molecule has 0 spiro atoms. The van der Waals surface area contributed by atoms with Gasteiger partial charge in [-0.25, -0.2) is 0 Å². The molecule has 5 nitrogen and oxygen atoms in total. The highest BCUT2D eigenvalue weighted by atomic mass is 16.2. The fourth-order valence-corrected chi connectivity index (χ4v) is 3.04. The van der Waals surface area contributed by atoms with Crippen molar-refractivity contribution in [2.45, 2.75) is 19.0 Å². The number of likely N-dealkylation sites (N-methyl/N-ethyl adjacent to an activating group) is 1. The van der Waals surface area contributed by atoms with E-state index in [1.165, 1.54) is 0 Å². The number of carbonyl (C=O) groups excluding carboxylic acids is 1. The number of carbonyl (C=O) groups is 1. The Morgan fingerprint density at radius 1 is 1.25 bits per heavy atom. The summed E-state index contributed by atoms with van der Waals surface area (Å²) in [5.41, 5.74) is 2.15. The predicted octanol–water partition coefficient (Wildman–Crippen LogP) is 1.91. The summed E-state index contributed by atoms with van der Waals surface area (Å²) < 4.78 is 0. The van der Waals surface area contributed by atoms with Crippen LogP contribution in [0, 0.1) is 0 Å². The maximum Gasteiger partial charge on any atom is 0.242 e. The third-order valence-electron chi connectivity index (χ3n) is 4.52. The van der Waals surface area contributed by atoms with Gasteiger partial charge in [-0.15, -0.1) is 0 Å². The van der Waals surface area contributed by atoms with Crippen molar-refractivity contribution >= 4 is 11.6 Å². The molecule has 0 aliphatic carbocycles. The first-order chi connectivity index (χ1) is 11.7. The monoisotopic (exact) mass is 324 g/mol. The molecule has 1 aromatic heterocycles. The first kappa shape index (κ1) is 16.5. The Kier molecular flexibility index (Phi) is 5.43. The van der Waals surface area contributed by atoms with Crippen molar-refractivity contribution in [2.75, 3.05) is 31.6 Å². The molecule has 2 heterocycles.